The van der Waals surface area contributed by atoms with Gasteiger partial charge in [0.25, 0.3) is 0 Å². The number of nitrogens with zero attached hydrogens (tertiary/aromatic N) is 1. The Hall–Kier alpha value is -1.22. The van der Waals surface area contributed by atoms with Gasteiger partial charge in [-0.2, -0.15) is 0 Å². The molecule has 0 aromatic heterocycles. The van der Waals surface area contributed by atoms with Crippen LogP contribution in [-0.4, -0.2) is 81.4 Å². The van der Waals surface area contributed by atoms with E-state index in [9.17, 15) is 9.59 Å². The number of hydrogen-bond donors (Lipinski definition) is 3. The number of nitrogens with one attached hydrogen (secondary N) is 3. The summed E-state index contributed by atoms with van der Waals surface area (Å²) in [6.07, 6.45) is 5.58. The Morgan fingerprint density at radius 1 is 0.537 bits per heavy atom. The standard InChI is InChI=1S/C33H62N4O4/c1-28(2)17-23(18-29(3,4)34-28)37(15-13-26(38)40-24-19-30(5,6)35-31(7,8)20-24)16-14-27(39)41-25-21-32(9,10)36-33(11,12)22-25/h23-25,34-36H,13-22H2,1-12H3. The summed E-state index contributed by atoms with van der Waals surface area (Å²) >= 11 is 0. The fourth-order valence-corrected chi connectivity index (χ4v) is 8.59. The van der Waals surface area contributed by atoms with Crippen molar-refractivity contribution in [3.63, 3.8) is 0 Å². The van der Waals surface area contributed by atoms with Crippen LogP contribution in [0.2, 0.25) is 0 Å². The molecule has 3 fully saturated rings. The van der Waals surface area contributed by atoms with Gasteiger partial charge in [-0.1, -0.05) is 0 Å². The third-order valence-corrected chi connectivity index (χ3v) is 8.79. The summed E-state index contributed by atoms with van der Waals surface area (Å²) in [5.74, 6) is -0.301. The van der Waals surface area contributed by atoms with E-state index in [4.69, 9.17) is 9.47 Å². The summed E-state index contributed by atoms with van der Waals surface area (Å²) in [5.41, 5.74) is -0.392. The highest BCUT2D eigenvalue weighted by Gasteiger charge is 2.42. The van der Waals surface area contributed by atoms with Crippen molar-refractivity contribution in [1.29, 1.82) is 0 Å². The van der Waals surface area contributed by atoms with Crippen molar-refractivity contribution < 1.29 is 19.1 Å². The molecule has 3 N–H and O–H groups in total. The van der Waals surface area contributed by atoms with Crippen LogP contribution in [0.4, 0.5) is 0 Å². The first-order valence-electron chi connectivity index (χ1n) is 16.0. The molecule has 8 heteroatoms. The Morgan fingerprint density at radius 2 is 0.805 bits per heavy atom. The second-order valence-electron chi connectivity index (χ2n) is 17.3. The van der Waals surface area contributed by atoms with E-state index in [-0.39, 0.29) is 63.4 Å². The molecular weight excluding hydrogens is 516 g/mol. The highest BCUT2D eigenvalue weighted by Crippen LogP contribution is 2.34. The summed E-state index contributed by atoms with van der Waals surface area (Å²) in [7, 11) is 0. The molecule has 0 atom stereocenters. The quantitative estimate of drug-likeness (QED) is 0.326. The third kappa shape index (κ3) is 11.1. The maximum absolute atomic E-state index is 13.1. The molecule has 0 unspecified atom stereocenters. The normalized spacial score (nSPS) is 27.3. The van der Waals surface area contributed by atoms with Gasteiger partial charge in [0, 0.05) is 78.0 Å². The van der Waals surface area contributed by atoms with Gasteiger partial charge in [-0.25, -0.2) is 0 Å². The third-order valence-electron chi connectivity index (χ3n) is 8.79. The Bertz CT molecular complexity index is 836. The molecule has 3 heterocycles. The van der Waals surface area contributed by atoms with Crippen molar-refractivity contribution in [2.75, 3.05) is 13.1 Å². The van der Waals surface area contributed by atoms with Crippen LogP contribution in [0, 0.1) is 0 Å². The monoisotopic (exact) mass is 578 g/mol. The number of esters is 2. The molecule has 3 aliphatic rings. The number of carbonyl (C=O) groups excluding carboxylic acids is 2. The number of carbonyl (C=O) groups is 2. The van der Waals surface area contributed by atoms with E-state index in [1.165, 1.54) is 0 Å². The molecule has 0 bridgehead atoms. The van der Waals surface area contributed by atoms with Crippen LogP contribution in [-0.2, 0) is 19.1 Å². The predicted octanol–water partition coefficient (Wildman–Crippen LogP) is 5.08. The minimum absolute atomic E-state index is 0.0375. The molecule has 238 valence electrons. The lowest BCUT2D eigenvalue weighted by atomic mass is 9.79. The minimum Gasteiger partial charge on any atom is -0.462 e. The summed E-state index contributed by atoms with van der Waals surface area (Å²) in [6.45, 7) is 27.5. The summed E-state index contributed by atoms with van der Waals surface area (Å²) in [5, 5.41) is 11.1. The topological polar surface area (TPSA) is 91.9 Å². The van der Waals surface area contributed by atoms with Crippen molar-refractivity contribution in [1.82, 2.24) is 20.9 Å². The van der Waals surface area contributed by atoms with E-state index in [0.717, 1.165) is 38.5 Å². The Balaban J connectivity index is 1.63. The molecule has 3 saturated heterocycles. The average Bonchev–Trinajstić information content (AvgIpc) is 2.66. The molecule has 3 rings (SSSR count). The zero-order chi connectivity index (χ0) is 31.1. The maximum atomic E-state index is 13.1. The van der Waals surface area contributed by atoms with Gasteiger partial charge in [0.1, 0.15) is 12.2 Å². The Labute approximate surface area is 250 Å². The SMILES string of the molecule is CC1(C)CC(OC(=O)CCN(CCC(=O)OC2CC(C)(C)NC(C)(C)C2)C2CC(C)(C)NC(C)(C)C2)CC(C)(C)N1. The average molecular weight is 579 g/mol. The van der Waals surface area contributed by atoms with Gasteiger partial charge in [-0.05, 0) is 95.9 Å². The summed E-state index contributed by atoms with van der Waals surface area (Å²) < 4.78 is 12.1. The molecule has 0 saturated carbocycles. The lowest BCUT2D eigenvalue weighted by Crippen LogP contribution is -2.62. The molecule has 0 aromatic carbocycles. The number of hydrogen-bond acceptors (Lipinski definition) is 8. The van der Waals surface area contributed by atoms with Crippen LogP contribution in [0.25, 0.3) is 0 Å². The van der Waals surface area contributed by atoms with Crippen molar-refractivity contribution in [2.24, 2.45) is 0 Å². The highest BCUT2D eigenvalue weighted by molar-refractivity contribution is 5.70. The summed E-state index contributed by atoms with van der Waals surface area (Å²) in [4.78, 5) is 28.6. The molecule has 41 heavy (non-hydrogen) atoms. The number of rotatable bonds is 9. The van der Waals surface area contributed by atoms with Crippen LogP contribution in [0.5, 0.6) is 0 Å². The van der Waals surface area contributed by atoms with Crippen LogP contribution in [0.3, 0.4) is 0 Å². The molecule has 0 radical (unpaired) electrons. The second kappa shape index (κ2) is 12.0. The zero-order valence-corrected chi connectivity index (χ0v) is 28.4. The van der Waals surface area contributed by atoms with Crippen LogP contribution in [0.15, 0.2) is 0 Å². The van der Waals surface area contributed by atoms with E-state index in [0.29, 0.717) is 25.9 Å². The molecule has 0 aliphatic carbocycles. The Kier molecular flexibility index (Phi) is 10.1. The fourth-order valence-electron chi connectivity index (χ4n) is 8.59. The van der Waals surface area contributed by atoms with Gasteiger partial charge in [-0.15, -0.1) is 0 Å². The van der Waals surface area contributed by atoms with Gasteiger partial charge in [-0.3, -0.25) is 14.5 Å². The van der Waals surface area contributed by atoms with Gasteiger partial charge in [0.2, 0.25) is 0 Å². The Morgan fingerprint density at radius 3 is 1.10 bits per heavy atom. The first-order chi connectivity index (χ1) is 18.4. The van der Waals surface area contributed by atoms with Crippen molar-refractivity contribution in [3.05, 3.63) is 0 Å². The van der Waals surface area contributed by atoms with Crippen molar-refractivity contribution in [3.8, 4) is 0 Å². The van der Waals surface area contributed by atoms with Gasteiger partial charge >= 0.3 is 11.9 Å². The van der Waals surface area contributed by atoms with E-state index >= 15 is 0 Å². The fraction of sp³-hybridized carbons (Fsp3) is 0.939. The minimum atomic E-state index is -0.150. The first kappa shape index (κ1) is 34.3. The second-order valence-corrected chi connectivity index (χ2v) is 17.3. The first-order valence-corrected chi connectivity index (χ1v) is 16.0. The van der Waals surface area contributed by atoms with Crippen LogP contribution >= 0.6 is 0 Å². The largest absolute Gasteiger partial charge is 0.462 e. The molecular formula is C33H62N4O4. The van der Waals surface area contributed by atoms with E-state index in [2.05, 4.69) is 104 Å². The molecule has 0 amide bonds. The van der Waals surface area contributed by atoms with Crippen LogP contribution in [0.1, 0.15) is 134 Å². The lowest BCUT2D eigenvalue weighted by molar-refractivity contribution is -0.153. The van der Waals surface area contributed by atoms with Gasteiger partial charge in [0.05, 0.1) is 12.8 Å². The highest BCUT2D eigenvalue weighted by atomic mass is 16.5. The zero-order valence-electron chi connectivity index (χ0n) is 28.4. The maximum Gasteiger partial charge on any atom is 0.307 e. The van der Waals surface area contributed by atoms with Crippen molar-refractivity contribution >= 4 is 11.9 Å². The molecule has 3 aliphatic heterocycles. The number of ether oxygens (including phenoxy) is 2. The van der Waals surface area contributed by atoms with E-state index in [1.54, 1.807) is 0 Å². The van der Waals surface area contributed by atoms with Gasteiger partial charge in [0.15, 0.2) is 0 Å². The number of piperidine rings is 3. The smallest absolute Gasteiger partial charge is 0.307 e. The molecule has 8 nitrogen and oxygen atoms in total. The van der Waals surface area contributed by atoms with E-state index < -0.39 is 0 Å². The van der Waals surface area contributed by atoms with Gasteiger partial charge < -0.3 is 25.4 Å². The van der Waals surface area contributed by atoms with Crippen LogP contribution < -0.4 is 16.0 Å². The molecule has 0 aromatic rings. The summed E-state index contributed by atoms with van der Waals surface area (Å²) in [6, 6.07) is 0.260. The van der Waals surface area contributed by atoms with Crippen molar-refractivity contribution in [2.45, 2.75) is 186 Å². The van der Waals surface area contributed by atoms with E-state index in [1.807, 2.05) is 0 Å². The molecule has 0 spiro atoms. The lowest BCUT2D eigenvalue weighted by Gasteiger charge is -2.49. The predicted molar refractivity (Wildman–Crippen MR) is 166 cm³/mol.